The molecule has 29 heavy (non-hydrogen) atoms. The molecule has 0 saturated carbocycles. The van der Waals surface area contributed by atoms with E-state index < -0.39 is 0 Å². The number of fused-ring (bicyclic) bond motifs is 3. The van der Waals surface area contributed by atoms with E-state index >= 15 is 0 Å². The molecule has 0 aromatic carbocycles. The van der Waals surface area contributed by atoms with Gasteiger partial charge in [-0.05, 0) is 30.7 Å². The Hall–Kier alpha value is -1.78. The molecule has 0 aliphatic heterocycles. The van der Waals surface area contributed by atoms with E-state index in [4.69, 9.17) is 0 Å². The first-order valence-corrected chi connectivity index (χ1v) is 12.5. The first-order chi connectivity index (χ1) is 14.0. The Bertz CT molecular complexity index is 1090. The number of carbonyl (C=O) groups is 1. The summed E-state index contributed by atoms with van der Waals surface area (Å²) in [6.07, 6.45) is 4.42. The quantitative estimate of drug-likeness (QED) is 0.508. The average molecular weight is 450 g/mol. The van der Waals surface area contributed by atoms with E-state index in [0.29, 0.717) is 34.8 Å². The van der Waals surface area contributed by atoms with Crippen LogP contribution in [0.2, 0.25) is 0 Å². The van der Waals surface area contributed by atoms with Crippen LogP contribution in [0.15, 0.2) is 4.79 Å². The summed E-state index contributed by atoms with van der Waals surface area (Å²) in [4.78, 5) is 34.3. The normalized spacial score (nSPS) is 13.3. The molecule has 0 unspecified atom stereocenters. The molecule has 10 heteroatoms. The maximum atomic E-state index is 12.5. The average Bonchev–Trinajstić information content (AvgIpc) is 3.34. The van der Waals surface area contributed by atoms with E-state index in [-0.39, 0.29) is 11.5 Å². The van der Waals surface area contributed by atoms with Gasteiger partial charge in [-0.25, -0.2) is 4.98 Å². The van der Waals surface area contributed by atoms with Gasteiger partial charge in [0, 0.05) is 23.5 Å². The van der Waals surface area contributed by atoms with Crippen molar-refractivity contribution < 1.29 is 4.79 Å². The fourth-order valence-electron chi connectivity index (χ4n) is 3.37. The van der Waals surface area contributed by atoms with Gasteiger partial charge in [0.1, 0.15) is 15.7 Å². The molecule has 0 saturated heterocycles. The summed E-state index contributed by atoms with van der Waals surface area (Å²) in [5.74, 6) is 2.34. The number of hydrogen-bond donors (Lipinski definition) is 2. The van der Waals surface area contributed by atoms with Gasteiger partial charge in [0.05, 0.1) is 11.1 Å². The van der Waals surface area contributed by atoms with Crippen LogP contribution in [-0.4, -0.2) is 31.8 Å². The highest BCUT2D eigenvalue weighted by Crippen LogP contribution is 2.34. The lowest BCUT2D eigenvalue weighted by atomic mass is 10.1. The largest absolute Gasteiger partial charge is 0.309 e. The minimum absolute atomic E-state index is 0.0313. The number of hydrogen-bond acceptors (Lipinski definition) is 8. The molecule has 4 rings (SSSR count). The molecule has 0 radical (unpaired) electrons. The molecule has 3 aromatic rings. The van der Waals surface area contributed by atoms with Crippen molar-refractivity contribution in [3.63, 3.8) is 0 Å². The Morgan fingerprint density at radius 2 is 2.14 bits per heavy atom. The third-order valence-corrected chi connectivity index (χ3v) is 7.65. The van der Waals surface area contributed by atoms with Crippen LogP contribution in [0.3, 0.4) is 0 Å². The van der Waals surface area contributed by atoms with E-state index in [1.165, 1.54) is 21.8 Å². The molecule has 0 spiro atoms. The molecule has 154 valence electrons. The number of amides is 1. The van der Waals surface area contributed by atoms with Crippen molar-refractivity contribution in [1.29, 1.82) is 0 Å². The molecule has 1 amide bonds. The lowest BCUT2D eigenvalue weighted by Crippen LogP contribution is -2.13. The summed E-state index contributed by atoms with van der Waals surface area (Å²) in [5, 5.41) is 13.2. The van der Waals surface area contributed by atoms with Crippen LogP contribution >= 0.6 is 34.4 Å². The molecule has 1 aliphatic carbocycles. The summed E-state index contributed by atoms with van der Waals surface area (Å²) in [6, 6.07) is 0. The highest BCUT2D eigenvalue weighted by molar-refractivity contribution is 7.98. The highest BCUT2D eigenvalue weighted by Gasteiger charge is 2.21. The molecule has 2 N–H and O–H groups in total. The smallest absolute Gasteiger partial charge is 0.259 e. The molecule has 3 aromatic heterocycles. The molecule has 0 atom stereocenters. The minimum atomic E-state index is -0.0728. The predicted octanol–water partition coefficient (Wildman–Crippen LogP) is 3.79. The van der Waals surface area contributed by atoms with E-state index in [0.717, 1.165) is 40.9 Å². The summed E-state index contributed by atoms with van der Waals surface area (Å²) in [5.41, 5.74) is 1.17. The summed E-state index contributed by atoms with van der Waals surface area (Å²) < 4.78 is 0. The van der Waals surface area contributed by atoms with Crippen molar-refractivity contribution in [2.75, 3.05) is 11.1 Å². The lowest BCUT2D eigenvalue weighted by molar-refractivity contribution is -0.115. The van der Waals surface area contributed by atoms with Crippen molar-refractivity contribution in [2.24, 2.45) is 5.92 Å². The second kappa shape index (κ2) is 8.93. The minimum Gasteiger partial charge on any atom is -0.309 e. The Balaban J connectivity index is 1.26. The second-order valence-corrected chi connectivity index (χ2v) is 10.8. The Morgan fingerprint density at radius 1 is 1.28 bits per heavy atom. The summed E-state index contributed by atoms with van der Waals surface area (Å²) >= 11 is 4.66. The number of H-pyrrole nitrogens is 1. The number of aromatic amines is 1. The number of aryl methyl sites for hydroxylation is 2. The maximum Gasteiger partial charge on any atom is 0.259 e. The zero-order valence-corrected chi connectivity index (χ0v) is 18.9. The number of rotatable bonds is 8. The zero-order valence-electron chi connectivity index (χ0n) is 16.4. The first-order valence-electron chi connectivity index (χ1n) is 9.73. The van der Waals surface area contributed by atoms with Gasteiger partial charge in [-0.3, -0.25) is 9.59 Å². The number of thioether (sulfide) groups is 1. The van der Waals surface area contributed by atoms with Gasteiger partial charge in [-0.2, -0.15) is 11.8 Å². The third-order valence-electron chi connectivity index (χ3n) is 4.63. The number of carbonyl (C=O) groups excluding carboxylic acids is 1. The SMILES string of the molecule is CC(C)Cc1nnc(NC(=O)CCSCc2nc3sc4c(c3c(=O)[nH]2)CCC4)s1. The Kier molecular flexibility index (Phi) is 6.31. The standard InChI is InChI=1S/C19H23N5O2S3/c1-10(2)8-15-23-24-19(29-15)22-14(25)6-7-27-9-13-20-17(26)16-11-4-3-5-12(11)28-18(16)21-13/h10H,3-9H2,1-2H3,(H,20,21,26)(H,22,24,25). The van der Waals surface area contributed by atoms with Crippen LogP contribution < -0.4 is 10.9 Å². The Labute approximate surface area is 180 Å². The van der Waals surface area contributed by atoms with E-state index in [2.05, 4.69) is 39.3 Å². The number of thiophene rings is 1. The second-order valence-electron chi connectivity index (χ2n) is 7.50. The zero-order chi connectivity index (χ0) is 20.4. The molecule has 1 aliphatic rings. The van der Waals surface area contributed by atoms with Gasteiger partial charge in [0.25, 0.3) is 5.56 Å². The van der Waals surface area contributed by atoms with E-state index in [1.807, 2.05) is 0 Å². The van der Waals surface area contributed by atoms with E-state index in [1.54, 1.807) is 23.1 Å². The summed E-state index contributed by atoms with van der Waals surface area (Å²) in [6.45, 7) is 4.25. The molecule has 0 fully saturated rings. The van der Waals surface area contributed by atoms with Crippen molar-refractivity contribution >= 4 is 55.7 Å². The van der Waals surface area contributed by atoms with E-state index in [9.17, 15) is 9.59 Å². The lowest BCUT2D eigenvalue weighted by Gasteiger charge is -2.03. The summed E-state index contributed by atoms with van der Waals surface area (Å²) in [7, 11) is 0. The highest BCUT2D eigenvalue weighted by atomic mass is 32.2. The van der Waals surface area contributed by atoms with Crippen LogP contribution in [0, 0.1) is 5.92 Å². The number of anilines is 1. The van der Waals surface area contributed by atoms with Gasteiger partial charge in [-0.1, -0.05) is 25.2 Å². The molecule has 7 nitrogen and oxygen atoms in total. The number of nitrogens with one attached hydrogen (secondary N) is 2. The van der Waals surface area contributed by atoms with Crippen LogP contribution in [0.1, 0.15) is 48.0 Å². The first kappa shape index (κ1) is 20.5. The predicted molar refractivity (Wildman–Crippen MR) is 120 cm³/mol. The van der Waals surface area contributed by atoms with Crippen LogP contribution in [0.25, 0.3) is 10.2 Å². The molecular formula is C19H23N5O2S3. The number of aromatic nitrogens is 4. The van der Waals surface area contributed by atoms with Crippen molar-refractivity contribution in [2.45, 2.75) is 51.7 Å². The van der Waals surface area contributed by atoms with Crippen molar-refractivity contribution in [3.8, 4) is 0 Å². The number of nitrogens with zero attached hydrogens (tertiary/aromatic N) is 3. The fourth-order valence-corrected chi connectivity index (χ4v) is 6.42. The Morgan fingerprint density at radius 3 is 2.97 bits per heavy atom. The van der Waals surface area contributed by atoms with Crippen molar-refractivity contribution in [1.82, 2.24) is 20.2 Å². The van der Waals surface area contributed by atoms with Gasteiger partial charge >= 0.3 is 0 Å². The van der Waals surface area contributed by atoms with Crippen LogP contribution in [-0.2, 0) is 29.8 Å². The van der Waals surface area contributed by atoms with Crippen LogP contribution in [0.5, 0.6) is 0 Å². The molecule has 3 heterocycles. The maximum absolute atomic E-state index is 12.5. The third kappa shape index (κ3) is 4.87. The van der Waals surface area contributed by atoms with Gasteiger partial charge < -0.3 is 10.3 Å². The topological polar surface area (TPSA) is 101 Å². The van der Waals surface area contributed by atoms with Crippen molar-refractivity contribution in [3.05, 3.63) is 31.6 Å². The van der Waals surface area contributed by atoms with Crippen LogP contribution in [0.4, 0.5) is 5.13 Å². The molecule has 0 bridgehead atoms. The van der Waals surface area contributed by atoms with Gasteiger partial charge in [0.2, 0.25) is 11.0 Å². The monoisotopic (exact) mass is 449 g/mol. The fraction of sp³-hybridized carbons (Fsp3) is 0.526. The molecular weight excluding hydrogens is 426 g/mol. The van der Waals surface area contributed by atoms with Gasteiger partial charge in [-0.15, -0.1) is 21.5 Å². The van der Waals surface area contributed by atoms with Gasteiger partial charge in [0.15, 0.2) is 0 Å².